The van der Waals surface area contributed by atoms with Gasteiger partial charge in [0, 0.05) is 18.9 Å². The molecule has 1 unspecified atom stereocenters. The molecule has 0 spiro atoms. The first-order valence-electron chi connectivity index (χ1n) is 5.78. The van der Waals surface area contributed by atoms with Crippen LogP contribution in [0.25, 0.3) is 0 Å². The molecule has 1 rings (SSSR count). The van der Waals surface area contributed by atoms with Crippen LogP contribution in [-0.4, -0.2) is 40.1 Å². The van der Waals surface area contributed by atoms with Gasteiger partial charge in [-0.05, 0) is 30.1 Å². The predicted octanol–water partition coefficient (Wildman–Crippen LogP) is 1.09. The van der Waals surface area contributed by atoms with Gasteiger partial charge in [-0.15, -0.1) is 0 Å². The molecule has 7 heteroatoms. The van der Waals surface area contributed by atoms with Crippen molar-refractivity contribution >= 4 is 23.8 Å². The monoisotopic (exact) mass is 283 g/mol. The third kappa shape index (κ3) is 6.10. The summed E-state index contributed by atoms with van der Waals surface area (Å²) in [4.78, 5) is 26.5. The van der Waals surface area contributed by atoms with E-state index in [1.54, 1.807) is 30.2 Å². The van der Waals surface area contributed by atoms with Gasteiger partial charge in [-0.2, -0.15) is 11.8 Å². The van der Waals surface area contributed by atoms with E-state index >= 15 is 0 Å². The van der Waals surface area contributed by atoms with Crippen LogP contribution in [0.5, 0.6) is 0 Å². The van der Waals surface area contributed by atoms with Gasteiger partial charge in [-0.3, -0.25) is 4.98 Å². The zero-order valence-electron chi connectivity index (χ0n) is 10.6. The Morgan fingerprint density at radius 2 is 2.32 bits per heavy atom. The summed E-state index contributed by atoms with van der Waals surface area (Å²) in [6.45, 7) is 0.314. The molecule has 1 aromatic rings. The van der Waals surface area contributed by atoms with E-state index in [9.17, 15) is 9.59 Å². The number of nitrogens with one attached hydrogen (secondary N) is 2. The number of pyridine rings is 1. The number of carbonyl (C=O) groups is 2. The van der Waals surface area contributed by atoms with Crippen LogP contribution < -0.4 is 10.6 Å². The molecule has 0 aromatic carbocycles. The maximum atomic E-state index is 11.6. The third-order valence-corrected chi connectivity index (χ3v) is 3.03. The van der Waals surface area contributed by atoms with Gasteiger partial charge in [-0.25, -0.2) is 9.59 Å². The smallest absolute Gasteiger partial charge is 0.326 e. The SMILES string of the molecule is CSCCC(NC(=O)NCc1cccnc1)C(=O)O. The van der Waals surface area contributed by atoms with Gasteiger partial charge < -0.3 is 15.7 Å². The Morgan fingerprint density at radius 3 is 2.89 bits per heavy atom. The maximum absolute atomic E-state index is 11.6. The second-order valence-corrected chi connectivity index (χ2v) is 4.85. The maximum Gasteiger partial charge on any atom is 0.326 e. The fourth-order valence-corrected chi connectivity index (χ4v) is 1.86. The molecule has 0 fully saturated rings. The van der Waals surface area contributed by atoms with Crippen LogP contribution in [0.15, 0.2) is 24.5 Å². The quantitative estimate of drug-likeness (QED) is 0.696. The first kappa shape index (κ1) is 15.3. The lowest BCUT2D eigenvalue weighted by Crippen LogP contribution is -2.46. The highest BCUT2D eigenvalue weighted by Crippen LogP contribution is 2.01. The van der Waals surface area contributed by atoms with Crippen LogP contribution in [0.3, 0.4) is 0 Å². The first-order chi connectivity index (χ1) is 9.13. The van der Waals surface area contributed by atoms with Crippen LogP contribution in [0.1, 0.15) is 12.0 Å². The molecule has 0 saturated heterocycles. The minimum Gasteiger partial charge on any atom is -0.480 e. The van der Waals surface area contributed by atoms with Crippen molar-refractivity contribution in [1.29, 1.82) is 0 Å². The number of hydrogen-bond acceptors (Lipinski definition) is 4. The minimum absolute atomic E-state index is 0.314. The summed E-state index contributed by atoms with van der Waals surface area (Å²) in [6, 6.07) is 2.25. The molecule has 104 valence electrons. The standard InChI is InChI=1S/C12H17N3O3S/c1-19-6-4-10(11(16)17)15-12(18)14-8-9-3-2-5-13-7-9/h2-3,5,7,10H,4,6,8H2,1H3,(H,16,17)(H2,14,15,18). The van der Waals surface area contributed by atoms with Crippen LogP contribution >= 0.6 is 11.8 Å². The second kappa shape index (κ2) is 8.36. The van der Waals surface area contributed by atoms with Crippen molar-refractivity contribution in [3.8, 4) is 0 Å². The molecule has 0 aliphatic heterocycles. The van der Waals surface area contributed by atoms with Gasteiger partial charge in [0.05, 0.1) is 0 Å². The largest absolute Gasteiger partial charge is 0.480 e. The normalized spacial score (nSPS) is 11.6. The molecule has 0 radical (unpaired) electrons. The van der Waals surface area contributed by atoms with E-state index in [2.05, 4.69) is 15.6 Å². The number of carbonyl (C=O) groups excluding carboxylic acids is 1. The average molecular weight is 283 g/mol. The molecule has 1 heterocycles. The number of thioether (sulfide) groups is 1. The highest BCUT2D eigenvalue weighted by atomic mass is 32.2. The van der Waals surface area contributed by atoms with Gasteiger partial charge in [0.15, 0.2) is 0 Å². The first-order valence-corrected chi connectivity index (χ1v) is 7.18. The number of aromatic nitrogens is 1. The van der Waals surface area contributed by atoms with Crippen molar-refractivity contribution in [3.63, 3.8) is 0 Å². The van der Waals surface area contributed by atoms with Crippen molar-refractivity contribution in [2.24, 2.45) is 0 Å². The molecule has 6 nitrogen and oxygen atoms in total. The number of aliphatic carboxylic acids is 1. The summed E-state index contributed by atoms with van der Waals surface area (Å²) in [5.41, 5.74) is 0.855. The van der Waals surface area contributed by atoms with Gasteiger partial charge >= 0.3 is 12.0 Å². The van der Waals surface area contributed by atoms with E-state index < -0.39 is 18.0 Å². The fourth-order valence-electron chi connectivity index (χ4n) is 1.39. The number of nitrogens with zero attached hydrogens (tertiary/aromatic N) is 1. The van der Waals surface area contributed by atoms with Gasteiger partial charge in [-0.1, -0.05) is 6.07 Å². The Labute approximate surface area is 116 Å². The molecule has 3 N–H and O–H groups in total. The van der Waals surface area contributed by atoms with Gasteiger partial charge in [0.25, 0.3) is 0 Å². The zero-order valence-corrected chi connectivity index (χ0v) is 11.4. The number of amides is 2. The highest BCUT2D eigenvalue weighted by molar-refractivity contribution is 7.98. The van der Waals surface area contributed by atoms with Crippen molar-refractivity contribution in [2.45, 2.75) is 19.0 Å². The number of rotatable bonds is 7. The molecule has 0 aliphatic carbocycles. The Morgan fingerprint density at radius 1 is 1.53 bits per heavy atom. The summed E-state index contributed by atoms with van der Waals surface area (Å²) < 4.78 is 0. The Kier molecular flexibility index (Phi) is 6.73. The summed E-state index contributed by atoms with van der Waals surface area (Å²) in [6.07, 6.45) is 5.58. The van der Waals surface area contributed by atoms with Crippen molar-refractivity contribution in [2.75, 3.05) is 12.0 Å². The number of carboxylic acid groups (broad SMARTS) is 1. The van der Waals surface area contributed by atoms with E-state index in [0.29, 0.717) is 18.7 Å². The summed E-state index contributed by atoms with van der Waals surface area (Å²) in [5.74, 6) is -0.342. The molecular weight excluding hydrogens is 266 g/mol. The highest BCUT2D eigenvalue weighted by Gasteiger charge is 2.18. The second-order valence-electron chi connectivity index (χ2n) is 3.86. The Balaban J connectivity index is 2.38. The van der Waals surface area contributed by atoms with E-state index in [-0.39, 0.29) is 0 Å². The minimum atomic E-state index is -1.02. The van der Waals surface area contributed by atoms with E-state index in [1.165, 1.54) is 0 Å². The van der Waals surface area contributed by atoms with E-state index in [1.807, 2.05) is 12.3 Å². The molecule has 0 aliphatic rings. The molecule has 1 aromatic heterocycles. The van der Waals surface area contributed by atoms with E-state index in [4.69, 9.17) is 5.11 Å². The Bertz CT molecular complexity index is 414. The lowest BCUT2D eigenvalue weighted by atomic mass is 10.2. The average Bonchev–Trinajstić information content (AvgIpc) is 2.42. The van der Waals surface area contributed by atoms with Crippen LogP contribution in [-0.2, 0) is 11.3 Å². The summed E-state index contributed by atoms with van der Waals surface area (Å²) >= 11 is 1.54. The van der Waals surface area contributed by atoms with E-state index in [0.717, 1.165) is 5.56 Å². The van der Waals surface area contributed by atoms with Crippen LogP contribution in [0, 0.1) is 0 Å². The number of hydrogen-bond donors (Lipinski definition) is 3. The van der Waals surface area contributed by atoms with Crippen molar-refractivity contribution in [3.05, 3.63) is 30.1 Å². The topological polar surface area (TPSA) is 91.3 Å². The number of carboxylic acids is 1. The van der Waals surface area contributed by atoms with Gasteiger partial charge in [0.1, 0.15) is 6.04 Å². The Hall–Kier alpha value is -1.76. The van der Waals surface area contributed by atoms with Crippen molar-refractivity contribution in [1.82, 2.24) is 15.6 Å². The molecule has 2 amide bonds. The lowest BCUT2D eigenvalue weighted by molar-refractivity contribution is -0.139. The van der Waals surface area contributed by atoms with Gasteiger partial charge in [0.2, 0.25) is 0 Å². The lowest BCUT2D eigenvalue weighted by Gasteiger charge is -2.14. The zero-order chi connectivity index (χ0) is 14.1. The summed E-state index contributed by atoms with van der Waals surface area (Å²) in [7, 11) is 0. The summed E-state index contributed by atoms with van der Waals surface area (Å²) in [5, 5.41) is 14.0. The molecular formula is C12H17N3O3S. The number of urea groups is 1. The third-order valence-electron chi connectivity index (χ3n) is 2.39. The molecule has 0 saturated carbocycles. The predicted molar refractivity (Wildman–Crippen MR) is 74.0 cm³/mol. The fraction of sp³-hybridized carbons (Fsp3) is 0.417. The van der Waals surface area contributed by atoms with Crippen LogP contribution in [0.4, 0.5) is 4.79 Å². The van der Waals surface area contributed by atoms with Crippen LogP contribution in [0.2, 0.25) is 0 Å². The molecule has 0 bridgehead atoms. The van der Waals surface area contributed by atoms with Crippen molar-refractivity contribution < 1.29 is 14.7 Å². The molecule has 19 heavy (non-hydrogen) atoms. The molecule has 1 atom stereocenters.